The third-order valence-corrected chi connectivity index (χ3v) is 4.07. The number of carbonyl (C=O) groups is 1. The molecule has 112 valence electrons. The predicted molar refractivity (Wildman–Crippen MR) is 87.9 cm³/mol. The number of aromatic nitrogens is 2. The zero-order valence-electron chi connectivity index (χ0n) is 13.0. The van der Waals surface area contributed by atoms with Crippen LogP contribution >= 0.6 is 11.8 Å². The number of para-hydroxylation sites is 1. The number of carbonyl (C=O) groups excluding carboxylic acids is 1. The average molecular weight is 303 g/mol. The lowest BCUT2D eigenvalue weighted by Crippen LogP contribution is -2.28. The van der Waals surface area contributed by atoms with Crippen LogP contribution in [0.25, 0.3) is 5.69 Å². The second-order valence-electron chi connectivity index (χ2n) is 5.08. The maximum absolute atomic E-state index is 11.9. The van der Waals surface area contributed by atoms with Gasteiger partial charge in [0.1, 0.15) is 0 Å². The van der Waals surface area contributed by atoms with Gasteiger partial charge in [-0.25, -0.2) is 4.68 Å². The molecule has 0 N–H and O–H groups in total. The minimum atomic E-state index is 0.147. The van der Waals surface area contributed by atoms with Crippen LogP contribution < -0.4 is 0 Å². The third kappa shape index (κ3) is 3.47. The molecule has 0 saturated carbocycles. The van der Waals surface area contributed by atoms with E-state index >= 15 is 0 Å². The van der Waals surface area contributed by atoms with Crippen molar-refractivity contribution in [1.82, 2.24) is 14.7 Å². The van der Waals surface area contributed by atoms with Gasteiger partial charge in [-0.05, 0) is 32.2 Å². The Balaban J connectivity index is 2.26. The normalized spacial score (nSPS) is 10.7. The predicted octanol–water partition coefficient (Wildman–Crippen LogP) is 2.81. The van der Waals surface area contributed by atoms with Gasteiger partial charge in [0.15, 0.2) is 0 Å². The van der Waals surface area contributed by atoms with Gasteiger partial charge in [0.25, 0.3) is 0 Å². The van der Waals surface area contributed by atoms with E-state index in [1.807, 2.05) is 55.2 Å². The van der Waals surface area contributed by atoms with Crippen LogP contribution in [0.5, 0.6) is 0 Å². The largest absolute Gasteiger partial charge is 0.341 e. The second-order valence-corrected chi connectivity index (χ2v) is 5.95. The minimum absolute atomic E-state index is 0.147. The summed E-state index contributed by atoms with van der Waals surface area (Å²) in [6, 6.07) is 10.1. The molecular formula is C16H21N3OS. The van der Waals surface area contributed by atoms with Gasteiger partial charge < -0.3 is 4.90 Å². The van der Waals surface area contributed by atoms with Crippen LogP contribution in [0.2, 0.25) is 0 Å². The van der Waals surface area contributed by atoms with E-state index in [0.29, 0.717) is 12.3 Å². The molecule has 1 aromatic heterocycles. The molecule has 2 aromatic rings. The molecule has 0 saturated heterocycles. The molecule has 1 heterocycles. The molecule has 0 radical (unpaired) electrons. The molecule has 0 spiro atoms. The summed E-state index contributed by atoms with van der Waals surface area (Å²) in [4.78, 5) is 13.7. The first-order valence-corrected chi connectivity index (χ1v) is 8.27. The highest BCUT2D eigenvalue weighted by Gasteiger charge is 2.16. The fourth-order valence-electron chi connectivity index (χ4n) is 2.28. The van der Waals surface area contributed by atoms with Crippen LogP contribution in [-0.4, -0.2) is 39.6 Å². The van der Waals surface area contributed by atoms with Crippen molar-refractivity contribution in [3.63, 3.8) is 0 Å². The van der Waals surface area contributed by atoms with Gasteiger partial charge in [0.05, 0.1) is 17.1 Å². The summed E-state index contributed by atoms with van der Waals surface area (Å²) in [5.74, 6) is 0.662. The van der Waals surface area contributed by atoms with Crippen molar-refractivity contribution >= 4 is 17.7 Å². The van der Waals surface area contributed by atoms with Crippen molar-refractivity contribution < 1.29 is 4.79 Å². The van der Waals surface area contributed by atoms with Crippen molar-refractivity contribution in [2.45, 2.75) is 20.4 Å². The molecule has 21 heavy (non-hydrogen) atoms. The lowest BCUT2D eigenvalue weighted by atomic mass is 10.2. The first-order chi connectivity index (χ1) is 10.0. The highest BCUT2D eigenvalue weighted by molar-refractivity contribution is 7.99. The average Bonchev–Trinajstić information content (AvgIpc) is 2.76. The highest BCUT2D eigenvalue weighted by atomic mass is 32.2. The smallest absolute Gasteiger partial charge is 0.232 e. The van der Waals surface area contributed by atoms with Crippen molar-refractivity contribution in [3.8, 4) is 5.69 Å². The number of aryl methyl sites for hydroxylation is 1. The molecule has 0 bridgehead atoms. The van der Waals surface area contributed by atoms with Crippen molar-refractivity contribution in [3.05, 3.63) is 47.3 Å². The molecule has 1 aromatic carbocycles. The van der Waals surface area contributed by atoms with Crippen LogP contribution in [0, 0.1) is 13.8 Å². The standard InChI is InChI=1S/C16H21N3OS/c1-12-15(10-18(3)16(20)11-21-4)13(2)19(17-12)14-8-6-5-7-9-14/h5-9H,10-11H2,1-4H3. The topological polar surface area (TPSA) is 38.1 Å². The number of benzene rings is 1. The van der Waals surface area contributed by atoms with E-state index in [-0.39, 0.29) is 5.91 Å². The number of thioether (sulfide) groups is 1. The molecule has 0 atom stereocenters. The molecule has 1 amide bonds. The van der Waals surface area contributed by atoms with Crippen LogP contribution in [0.15, 0.2) is 30.3 Å². The Hall–Kier alpha value is -1.75. The van der Waals surface area contributed by atoms with Gasteiger partial charge in [-0.1, -0.05) is 18.2 Å². The van der Waals surface area contributed by atoms with Crippen LogP contribution in [0.4, 0.5) is 0 Å². The number of rotatable bonds is 5. The molecule has 5 heteroatoms. The molecule has 2 rings (SSSR count). The molecule has 4 nitrogen and oxygen atoms in total. The summed E-state index contributed by atoms with van der Waals surface area (Å²) in [5.41, 5.74) is 4.22. The van der Waals surface area contributed by atoms with E-state index in [2.05, 4.69) is 12.0 Å². The van der Waals surface area contributed by atoms with E-state index in [9.17, 15) is 4.79 Å². The number of nitrogens with zero attached hydrogens (tertiary/aromatic N) is 3. The Bertz CT molecular complexity index is 622. The molecule has 0 aliphatic carbocycles. The van der Waals surface area contributed by atoms with Crippen LogP contribution in [0.3, 0.4) is 0 Å². The Morgan fingerprint density at radius 3 is 2.57 bits per heavy atom. The van der Waals surface area contributed by atoms with Gasteiger partial charge in [0.2, 0.25) is 5.91 Å². The fourth-order valence-corrected chi connectivity index (χ4v) is 2.75. The molecular weight excluding hydrogens is 282 g/mol. The maximum Gasteiger partial charge on any atom is 0.232 e. The Morgan fingerprint density at radius 2 is 1.95 bits per heavy atom. The number of hydrogen-bond acceptors (Lipinski definition) is 3. The molecule has 0 fully saturated rings. The number of amides is 1. The Labute approximate surface area is 130 Å². The van der Waals surface area contributed by atoms with E-state index in [4.69, 9.17) is 0 Å². The first kappa shape index (κ1) is 15.6. The number of hydrogen-bond donors (Lipinski definition) is 0. The summed E-state index contributed by atoms with van der Waals surface area (Å²) < 4.78 is 1.94. The third-order valence-electron chi connectivity index (χ3n) is 3.53. The lowest BCUT2D eigenvalue weighted by Gasteiger charge is -2.17. The molecule has 0 unspecified atom stereocenters. The minimum Gasteiger partial charge on any atom is -0.341 e. The second kappa shape index (κ2) is 6.80. The maximum atomic E-state index is 11.9. The monoisotopic (exact) mass is 303 g/mol. The summed E-state index contributed by atoms with van der Waals surface area (Å²) >= 11 is 1.55. The lowest BCUT2D eigenvalue weighted by molar-refractivity contribution is -0.127. The van der Waals surface area contributed by atoms with Crippen molar-refractivity contribution in [2.75, 3.05) is 19.1 Å². The summed E-state index contributed by atoms with van der Waals surface area (Å²) in [7, 11) is 1.84. The molecule has 0 aliphatic rings. The summed E-state index contributed by atoms with van der Waals surface area (Å²) in [5, 5.41) is 4.61. The van der Waals surface area contributed by atoms with Crippen LogP contribution in [-0.2, 0) is 11.3 Å². The summed E-state index contributed by atoms with van der Waals surface area (Å²) in [6.45, 7) is 4.65. The van der Waals surface area contributed by atoms with Crippen LogP contribution in [0.1, 0.15) is 17.0 Å². The van der Waals surface area contributed by atoms with E-state index in [1.54, 1.807) is 16.7 Å². The Kier molecular flexibility index (Phi) is 5.07. The molecule has 0 aliphatic heterocycles. The van der Waals surface area contributed by atoms with Crippen molar-refractivity contribution in [1.29, 1.82) is 0 Å². The van der Waals surface area contributed by atoms with Gasteiger partial charge >= 0.3 is 0 Å². The van der Waals surface area contributed by atoms with Gasteiger partial charge in [-0.3, -0.25) is 4.79 Å². The zero-order valence-corrected chi connectivity index (χ0v) is 13.8. The van der Waals surface area contributed by atoms with E-state index in [0.717, 1.165) is 22.6 Å². The van der Waals surface area contributed by atoms with Crippen molar-refractivity contribution in [2.24, 2.45) is 0 Å². The Morgan fingerprint density at radius 1 is 1.29 bits per heavy atom. The van der Waals surface area contributed by atoms with Gasteiger partial charge in [-0.2, -0.15) is 16.9 Å². The van der Waals surface area contributed by atoms with Gasteiger partial charge in [0, 0.05) is 24.8 Å². The van der Waals surface area contributed by atoms with E-state index < -0.39 is 0 Å². The van der Waals surface area contributed by atoms with Gasteiger partial charge in [-0.15, -0.1) is 0 Å². The van der Waals surface area contributed by atoms with E-state index in [1.165, 1.54) is 0 Å². The quantitative estimate of drug-likeness (QED) is 0.852. The highest BCUT2D eigenvalue weighted by Crippen LogP contribution is 2.19. The SMILES string of the molecule is CSCC(=O)N(C)Cc1c(C)nn(-c2ccccc2)c1C. The fraction of sp³-hybridized carbons (Fsp3) is 0.375. The summed E-state index contributed by atoms with van der Waals surface area (Å²) in [6.07, 6.45) is 1.94. The zero-order chi connectivity index (χ0) is 15.4. The first-order valence-electron chi connectivity index (χ1n) is 6.88.